The Morgan fingerprint density at radius 3 is 2.50 bits per heavy atom. The Kier molecular flexibility index (Phi) is 10.4. The highest BCUT2D eigenvalue weighted by molar-refractivity contribution is 7.81. The lowest BCUT2D eigenvalue weighted by atomic mass is 9.82. The molecule has 14 heteroatoms. The normalized spacial score (nSPS) is 23.9. The van der Waals surface area contributed by atoms with Crippen LogP contribution in [0.5, 0.6) is 0 Å². The van der Waals surface area contributed by atoms with Gasteiger partial charge < -0.3 is 23.9 Å². The number of thiol groups is 1. The zero-order valence-electron chi connectivity index (χ0n) is 30.7. The summed E-state index contributed by atoms with van der Waals surface area (Å²) in [5.74, 6) is -3.00. The van der Waals surface area contributed by atoms with Crippen molar-refractivity contribution in [3.8, 4) is 11.4 Å². The van der Waals surface area contributed by atoms with Crippen molar-refractivity contribution in [2.75, 3.05) is 13.3 Å². The number of ether oxygens (including phenoxy) is 3. The zero-order valence-corrected chi connectivity index (χ0v) is 31.6. The van der Waals surface area contributed by atoms with Crippen molar-refractivity contribution < 1.29 is 43.3 Å². The monoisotopic (exact) mass is 759 g/mol. The Hall–Kier alpha value is -4.56. The fourth-order valence-corrected chi connectivity index (χ4v) is 8.78. The average Bonchev–Trinajstić information content (AvgIpc) is 3.64. The number of cyclic esters (lactones) is 1. The van der Waals surface area contributed by atoms with Crippen molar-refractivity contribution in [2.24, 2.45) is 23.7 Å². The number of rotatable bonds is 11. The fourth-order valence-electron chi connectivity index (χ4n) is 8.49. The number of aryl methyl sites for hydroxylation is 1. The van der Waals surface area contributed by atoms with Gasteiger partial charge >= 0.3 is 17.9 Å². The molecule has 2 fully saturated rings. The molecule has 13 nitrogen and oxygen atoms in total. The summed E-state index contributed by atoms with van der Waals surface area (Å²) in [7, 11) is 0. The molecule has 1 saturated carbocycles. The van der Waals surface area contributed by atoms with Crippen molar-refractivity contribution in [1.29, 1.82) is 0 Å². The third-order valence-corrected chi connectivity index (χ3v) is 12.2. The van der Waals surface area contributed by atoms with E-state index in [1.54, 1.807) is 17.6 Å². The number of amides is 2. The molecule has 0 spiro atoms. The second kappa shape index (κ2) is 14.9. The van der Waals surface area contributed by atoms with Crippen LogP contribution in [0.3, 0.4) is 0 Å². The van der Waals surface area contributed by atoms with Crippen LogP contribution < -0.4 is 5.56 Å². The van der Waals surface area contributed by atoms with Crippen LogP contribution >= 0.6 is 12.6 Å². The number of benzene rings is 1. The minimum atomic E-state index is -1.93. The van der Waals surface area contributed by atoms with Crippen LogP contribution in [-0.4, -0.2) is 67.9 Å². The van der Waals surface area contributed by atoms with Crippen molar-refractivity contribution in [3.63, 3.8) is 0 Å². The lowest BCUT2D eigenvalue weighted by Gasteiger charge is -2.31. The molecule has 7 rings (SSSR count). The predicted octanol–water partition coefficient (Wildman–Crippen LogP) is 4.19. The number of aromatic nitrogens is 2. The van der Waals surface area contributed by atoms with Gasteiger partial charge in [0.05, 0.1) is 46.1 Å². The highest BCUT2D eigenvalue weighted by Gasteiger charge is 2.46. The minimum Gasteiger partial charge on any atom is -0.458 e. The van der Waals surface area contributed by atoms with Crippen molar-refractivity contribution in [2.45, 2.75) is 96.1 Å². The van der Waals surface area contributed by atoms with E-state index in [0.717, 1.165) is 16.5 Å². The third kappa shape index (κ3) is 6.71. The van der Waals surface area contributed by atoms with Gasteiger partial charge in [0.1, 0.15) is 6.61 Å². The number of hydrogen-bond acceptors (Lipinski definition) is 12. The summed E-state index contributed by atoms with van der Waals surface area (Å²) >= 11 is 4.19. The number of hydrogen-bond donors (Lipinski definition) is 2. The largest absolute Gasteiger partial charge is 0.458 e. The van der Waals surface area contributed by atoms with Gasteiger partial charge in [-0.05, 0) is 74.5 Å². The Bertz CT molecular complexity index is 2100. The summed E-state index contributed by atoms with van der Waals surface area (Å²) in [6, 6.07) is 9.34. The number of pyridine rings is 2. The number of esters is 3. The van der Waals surface area contributed by atoms with Crippen LogP contribution in [0.15, 0.2) is 35.1 Å². The van der Waals surface area contributed by atoms with Crippen LogP contribution in [0.4, 0.5) is 0 Å². The molecule has 3 atom stereocenters. The smallest absolute Gasteiger partial charge is 0.343 e. The van der Waals surface area contributed by atoms with E-state index in [2.05, 4.69) is 12.6 Å². The first-order chi connectivity index (χ1) is 25.8. The number of aliphatic hydroxyl groups is 1. The fraction of sp³-hybridized carbons (Fsp3) is 0.525. The van der Waals surface area contributed by atoms with E-state index in [4.69, 9.17) is 19.2 Å². The molecule has 2 unspecified atom stereocenters. The molecule has 286 valence electrons. The molecule has 2 amide bonds. The highest BCUT2D eigenvalue weighted by atomic mass is 32.1. The zero-order chi connectivity index (χ0) is 38.5. The minimum absolute atomic E-state index is 0.0441. The molecule has 2 aromatic heterocycles. The van der Waals surface area contributed by atoms with Crippen LogP contribution in [0.1, 0.15) is 88.0 Å². The first-order valence-electron chi connectivity index (χ1n) is 18.8. The standard InChI is InChI=1S/C40H45N3O10S/c1-4-40(50)29-15-31-34-27(18-42(31)35(45)28(29)19-51-39(40)49)25(26-7-5-6-8-30(26)41-34)14-13-24(21(2)3)38(48)53-20-52-37(47)23-11-9-22(10-12-23)17-43-33(44)16-32(54)36(43)46/h5-8,15,21-24,32,50,54H,4,9-14,16-20H2,1-3H3/t22?,23?,24?,32?,40-/m0/s1. The second-order valence-corrected chi connectivity index (χ2v) is 15.9. The molecule has 1 N–H and O–H groups in total. The summed E-state index contributed by atoms with van der Waals surface area (Å²) in [6.45, 7) is 5.40. The molecule has 5 heterocycles. The molecular formula is C40H45N3O10S. The van der Waals surface area contributed by atoms with Gasteiger partial charge in [-0.1, -0.05) is 39.0 Å². The van der Waals surface area contributed by atoms with Gasteiger partial charge in [0.2, 0.25) is 18.6 Å². The van der Waals surface area contributed by atoms with Crippen molar-refractivity contribution in [1.82, 2.24) is 14.5 Å². The molecule has 1 saturated heterocycles. The van der Waals surface area contributed by atoms with E-state index in [9.17, 15) is 33.9 Å². The Morgan fingerprint density at radius 2 is 1.81 bits per heavy atom. The summed E-state index contributed by atoms with van der Waals surface area (Å²) in [5, 5.41) is 11.6. The van der Waals surface area contributed by atoms with Crippen LogP contribution in [0, 0.1) is 23.7 Å². The van der Waals surface area contributed by atoms with Gasteiger partial charge in [-0.15, -0.1) is 0 Å². The van der Waals surface area contributed by atoms with Crippen molar-refractivity contribution >= 4 is 53.3 Å². The summed E-state index contributed by atoms with van der Waals surface area (Å²) in [5.41, 5.74) is 1.82. The van der Waals surface area contributed by atoms with Gasteiger partial charge in [-0.3, -0.25) is 28.9 Å². The molecule has 1 aromatic carbocycles. The number of carbonyl (C=O) groups is 5. The van der Waals surface area contributed by atoms with Crippen LogP contribution in [-0.2, 0) is 63.4 Å². The summed E-state index contributed by atoms with van der Waals surface area (Å²) in [6.07, 6.45) is 3.52. The number of likely N-dealkylation sites (tertiary alicyclic amines) is 1. The van der Waals surface area contributed by atoms with E-state index in [1.807, 2.05) is 38.1 Å². The Balaban J connectivity index is 1.01. The molecule has 0 bridgehead atoms. The molecule has 4 aliphatic rings. The molecular weight excluding hydrogens is 715 g/mol. The molecule has 0 radical (unpaired) electrons. The lowest BCUT2D eigenvalue weighted by molar-refractivity contribution is -0.175. The first-order valence-corrected chi connectivity index (χ1v) is 19.3. The van der Waals surface area contributed by atoms with E-state index < -0.39 is 41.5 Å². The summed E-state index contributed by atoms with van der Waals surface area (Å²) < 4.78 is 17.7. The molecule has 54 heavy (non-hydrogen) atoms. The highest BCUT2D eigenvalue weighted by Crippen LogP contribution is 2.41. The number of para-hydroxylation sites is 1. The summed E-state index contributed by atoms with van der Waals surface area (Å²) in [4.78, 5) is 83.4. The maximum absolute atomic E-state index is 13.8. The SMILES string of the molecule is CC[C@@]1(O)C(=O)OCc2c1cc1n(c2=O)Cc2c-1nc1ccccc1c2CCC(C(=O)OCOC(=O)C1CCC(CN2C(=O)CC(S)C2=O)CC1)C(C)C. The van der Waals surface area contributed by atoms with Gasteiger partial charge in [0, 0.05) is 29.5 Å². The number of imide groups is 1. The third-order valence-electron chi connectivity index (χ3n) is 11.8. The molecule has 3 aromatic rings. The first kappa shape index (κ1) is 37.7. The van der Waals surface area contributed by atoms with E-state index in [1.165, 1.54) is 4.90 Å². The van der Waals surface area contributed by atoms with E-state index >= 15 is 0 Å². The van der Waals surface area contributed by atoms with Gasteiger partial charge in [-0.25, -0.2) is 9.78 Å². The van der Waals surface area contributed by atoms with Crippen molar-refractivity contribution in [3.05, 3.63) is 62.9 Å². The van der Waals surface area contributed by atoms with Gasteiger partial charge in [0.15, 0.2) is 5.60 Å². The molecule has 1 aliphatic carbocycles. The lowest BCUT2D eigenvalue weighted by Crippen LogP contribution is -2.44. The Morgan fingerprint density at radius 1 is 1.07 bits per heavy atom. The number of nitrogens with zero attached hydrogens (tertiary/aromatic N) is 3. The quantitative estimate of drug-likeness (QED) is 0.0973. The number of fused-ring (bicyclic) bond motifs is 5. The van der Waals surface area contributed by atoms with E-state index in [-0.39, 0.29) is 72.2 Å². The average molecular weight is 760 g/mol. The maximum atomic E-state index is 13.8. The maximum Gasteiger partial charge on any atom is 0.343 e. The predicted molar refractivity (Wildman–Crippen MR) is 198 cm³/mol. The van der Waals surface area contributed by atoms with Crippen LogP contribution in [0.25, 0.3) is 22.3 Å². The van der Waals surface area contributed by atoms with Crippen LogP contribution in [0.2, 0.25) is 0 Å². The van der Waals surface area contributed by atoms with Gasteiger partial charge in [0.25, 0.3) is 5.56 Å². The second-order valence-electron chi connectivity index (χ2n) is 15.3. The Labute approximate surface area is 317 Å². The topological polar surface area (TPSA) is 171 Å². The molecule has 3 aliphatic heterocycles. The number of carbonyl (C=O) groups excluding carboxylic acids is 5. The van der Waals surface area contributed by atoms with Gasteiger partial charge in [-0.2, -0.15) is 12.6 Å². The van der Waals surface area contributed by atoms with E-state index in [0.29, 0.717) is 62.0 Å².